The number of carbonyl (C=O) groups is 4. The number of piperidine rings is 1. The molecule has 0 spiro atoms. The van der Waals surface area contributed by atoms with Gasteiger partial charge in [-0.1, -0.05) is 25.1 Å². The number of anilines is 1. The first-order chi connectivity index (χ1) is 14.4. The topological polar surface area (TPSA) is 108 Å². The second-order valence-electron chi connectivity index (χ2n) is 7.26. The molecule has 1 fully saturated rings. The molecule has 1 aromatic rings. The minimum atomic E-state index is -0.449. The lowest BCUT2D eigenvalue weighted by Crippen LogP contribution is -2.43. The molecular formula is C21H30N4O5. The quantitative estimate of drug-likeness (QED) is 0.622. The van der Waals surface area contributed by atoms with Crippen molar-refractivity contribution >= 4 is 29.5 Å². The SMILES string of the molecule is CCCNC(=O)CN(C)C(=O)COC(=O)C1CCN(C(=O)Nc2ccccc2)CC1. The Morgan fingerprint density at radius 2 is 1.80 bits per heavy atom. The van der Waals surface area contributed by atoms with Gasteiger partial charge in [-0.05, 0) is 31.4 Å². The fourth-order valence-corrected chi connectivity index (χ4v) is 3.03. The van der Waals surface area contributed by atoms with E-state index in [1.54, 1.807) is 4.90 Å². The molecule has 164 valence electrons. The first kappa shape index (κ1) is 23.2. The Balaban J connectivity index is 1.69. The largest absolute Gasteiger partial charge is 0.455 e. The summed E-state index contributed by atoms with van der Waals surface area (Å²) in [6.45, 7) is 2.89. The van der Waals surface area contributed by atoms with Crippen molar-refractivity contribution in [1.29, 1.82) is 0 Å². The van der Waals surface area contributed by atoms with Gasteiger partial charge in [0.05, 0.1) is 12.5 Å². The van der Waals surface area contributed by atoms with Gasteiger partial charge < -0.3 is 25.2 Å². The normalized spacial score (nSPS) is 14.0. The zero-order valence-corrected chi connectivity index (χ0v) is 17.6. The first-order valence-corrected chi connectivity index (χ1v) is 10.2. The predicted molar refractivity (Wildman–Crippen MR) is 112 cm³/mol. The van der Waals surface area contributed by atoms with Crippen LogP contribution in [0.4, 0.5) is 10.5 Å². The van der Waals surface area contributed by atoms with E-state index >= 15 is 0 Å². The van der Waals surface area contributed by atoms with Crippen molar-refractivity contribution in [2.45, 2.75) is 26.2 Å². The summed E-state index contributed by atoms with van der Waals surface area (Å²) >= 11 is 0. The maximum absolute atomic E-state index is 12.3. The zero-order valence-electron chi connectivity index (χ0n) is 17.6. The first-order valence-electron chi connectivity index (χ1n) is 10.2. The number of rotatable bonds is 8. The number of nitrogens with one attached hydrogen (secondary N) is 2. The zero-order chi connectivity index (χ0) is 21.9. The fraction of sp³-hybridized carbons (Fsp3) is 0.524. The monoisotopic (exact) mass is 418 g/mol. The minimum absolute atomic E-state index is 0.0781. The smallest absolute Gasteiger partial charge is 0.321 e. The lowest BCUT2D eigenvalue weighted by Gasteiger charge is -2.31. The van der Waals surface area contributed by atoms with Crippen LogP contribution in [0, 0.1) is 5.92 Å². The molecular weight excluding hydrogens is 388 g/mol. The van der Waals surface area contributed by atoms with Gasteiger partial charge in [0, 0.05) is 32.4 Å². The molecule has 4 amide bonds. The van der Waals surface area contributed by atoms with Crippen LogP contribution in [0.15, 0.2) is 30.3 Å². The van der Waals surface area contributed by atoms with Gasteiger partial charge >= 0.3 is 12.0 Å². The van der Waals surface area contributed by atoms with Crippen molar-refractivity contribution in [3.8, 4) is 0 Å². The highest BCUT2D eigenvalue weighted by atomic mass is 16.5. The van der Waals surface area contributed by atoms with E-state index in [0.717, 1.165) is 12.1 Å². The van der Waals surface area contributed by atoms with Crippen LogP contribution >= 0.6 is 0 Å². The van der Waals surface area contributed by atoms with Crippen LogP contribution in [0.1, 0.15) is 26.2 Å². The fourth-order valence-electron chi connectivity index (χ4n) is 3.03. The molecule has 0 radical (unpaired) electrons. The predicted octanol–water partition coefficient (Wildman–Crippen LogP) is 1.46. The number of ether oxygens (including phenoxy) is 1. The summed E-state index contributed by atoms with van der Waals surface area (Å²) in [5.74, 6) is -1.48. The molecule has 0 atom stereocenters. The number of carbonyl (C=O) groups excluding carboxylic acids is 4. The summed E-state index contributed by atoms with van der Waals surface area (Å²) in [6.07, 6.45) is 1.77. The summed E-state index contributed by atoms with van der Waals surface area (Å²) in [4.78, 5) is 51.2. The van der Waals surface area contributed by atoms with E-state index in [-0.39, 0.29) is 24.4 Å². The van der Waals surface area contributed by atoms with Crippen LogP contribution in [0.3, 0.4) is 0 Å². The maximum atomic E-state index is 12.3. The van der Waals surface area contributed by atoms with Crippen LogP contribution < -0.4 is 10.6 Å². The van der Waals surface area contributed by atoms with Crippen molar-refractivity contribution in [3.05, 3.63) is 30.3 Å². The van der Waals surface area contributed by atoms with E-state index in [2.05, 4.69) is 10.6 Å². The molecule has 9 nitrogen and oxygen atoms in total. The average Bonchev–Trinajstić information content (AvgIpc) is 2.76. The number of para-hydroxylation sites is 1. The third-order valence-electron chi connectivity index (χ3n) is 4.86. The highest BCUT2D eigenvalue weighted by Gasteiger charge is 2.29. The molecule has 1 heterocycles. The number of hydrogen-bond acceptors (Lipinski definition) is 5. The second kappa shape index (κ2) is 11.8. The highest BCUT2D eigenvalue weighted by Crippen LogP contribution is 2.19. The van der Waals surface area contributed by atoms with Crippen LogP contribution in [-0.4, -0.2) is 73.4 Å². The number of amides is 4. The van der Waals surface area contributed by atoms with Crippen molar-refractivity contribution in [1.82, 2.24) is 15.1 Å². The lowest BCUT2D eigenvalue weighted by atomic mass is 9.97. The summed E-state index contributed by atoms with van der Waals surface area (Å²) < 4.78 is 5.14. The van der Waals surface area contributed by atoms with E-state index in [9.17, 15) is 19.2 Å². The number of likely N-dealkylation sites (tertiary alicyclic amines) is 1. The number of urea groups is 1. The Bertz CT molecular complexity index is 732. The van der Waals surface area contributed by atoms with E-state index in [0.29, 0.717) is 32.5 Å². The van der Waals surface area contributed by atoms with Crippen LogP contribution in [-0.2, 0) is 19.1 Å². The molecule has 0 bridgehead atoms. The van der Waals surface area contributed by atoms with Gasteiger partial charge in [-0.3, -0.25) is 14.4 Å². The van der Waals surface area contributed by atoms with E-state index in [1.165, 1.54) is 11.9 Å². The van der Waals surface area contributed by atoms with Crippen molar-refractivity contribution in [3.63, 3.8) is 0 Å². The average molecular weight is 418 g/mol. The summed E-state index contributed by atoms with van der Waals surface area (Å²) in [6, 6.07) is 8.97. The Kier molecular flexibility index (Phi) is 9.11. The minimum Gasteiger partial charge on any atom is -0.455 e. The maximum Gasteiger partial charge on any atom is 0.321 e. The summed E-state index contributed by atoms with van der Waals surface area (Å²) in [5, 5.41) is 5.51. The molecule has 0 saturated carbocycles. The van der Waals surface area contributed by atoms with Gasteiger partial charge in [-0.15, -0.1) is 0 Å². The lowest BCUT2D eigenvalue weighted by molar-refractivity contribution is -0.156. The Morgan fingerprint density at radius 3 is 2.43 bits per heavy atom. The van der Waals surface area contributed by atoms with E-state index < -0.39 is 18.5 Å². The molecule has 1 aliphatic heterocycles. The molecule has 0 aromatic heterocycles. The van der Waals surface area contributed by atoms with Crippen molar-refractivity contribution < 1.29 is 23.9 Å². The molecule has 30 heavy (non-hydrogen) atoms. The number of nitrogens with zero attached hydrogens (tertiary/aromatic N) is 2. The molecule has 2 rings (SSSR count). The second-order valence-corrected chi connectivity index (χ2v) is 7.26. The van der Waals surface area contributed by atoms with Gasteiger partial charge in [0.25, 0.3) is 5.91 Å². The van der Waals surface area contributed by atoms with Crippen LogP contribution in [0.25, 0.3) is 0 Å². The molecule has 2 N–H and O–H groups in total. The molecule has 9 heteroatoms. The summed E-state index contributed by atoms with van der Waals surface area (Å²) in [7, 11) is 1.49. The molecule has 0 aliphatic carbocycles. The Hall–Kier alpha value is -3.10. The molecule has 0 unspecified atom stereocenters. The number of likely N-dealkylation sites (N-methyl/N-ethyl adjacent to an activating group) is 1. The molecule has 1 aromatic carbocycles. The summed E-state index contributed by atoms with van der Waals surface area (Å²) in [5.41, 5.74) is 0.718. The van der Waals surface area contributed by atoms with Crippen LogP contribution in [0.2, 0.25) is 0 Å². The standard InChI is InChI=1S/C21H30N4O5/c1-3-11-22-18(26)14-24(2)19(27)15-30-20(28)16-9-12-25(13-10-16)21(29)23-17-7-5-4-6-8-17/h4-8,16H,3,9-15H2,1-2H3,(H,22,26)(H,23,29). The van der Waals surface area contributed by atoms with Crippen molar-refractivity contribution in [2.24, 2.45) is 5.92 Å². The van der Waals surface area contributed by atoms with E-state index in [4.69, 9.17) is 4.74 Å². The molecule has 1 saturated heterocycles. The van der Waals surface area contributed by atoms with Gasteiger partial charge in [0.2, 0.25) is 5.91 Å². The number of esters is 1. The third-order valence-corrected chi connectivity index (χ3v) is 4.86. The van der Waals surface area contributed by atoms with Crippen LogP contribution in [0.5, 0.6) is 0 Å². The van der Waals surface area contributed by atoms with Gasteiger partial charge in [-0.25, -0.2) is 4.79 Å². The highest BCUT2D eigenvalue weighted by molar-refractivity contribution is 5.89. The molecule has 1 aliphatic rings. The Labute approximate surface area is 176 Å². The van der Waals surface area contributed by atoms with Gasteiger partial charge in [0.1, 0.15) is 0 Å². The number of benzene rings is 1. The number of hydrogen-bond donors (Lipinski definition) is 2. The van der Waals surface area contributed by atoms with Gasteiger partial charge in [0.15, 0.2) is 6.61 Å². The van der Waals surface area contributed by atoms with Crippen molar-refractivity contribution in [2.75, 3.05) is 45.2 Å². The Morgan fingerprint density at radius 1 is 1.13 bits per heavy atom. The van der Waals surface area contributed by atoms with Gasteiger partial charge in [-0.2, -0.15) is 0 Å². The third kappa shape index (κ3) is 7.38. The van der Waals surface area contributed by atoms with E-state index in [1.807, 2.05) is 37.3 Å².